The van der Waals surface area contributed by atoms with Gasteiger partial charge in [-0.25, -0.2) is 4.79 Å². The number of hydrogen-bond donors (Lipinski definition) is 1. The Kier molecular flexibility index (Phi) is 5.08. The van der Waals surface area contributed by atoms with Crippen molar-refractivity contribution in [2.24, 2.45) is 0 Å². The lowest BCUT2D eigenvalue weighted by atomic mass is 9.97. The van der Waals surface area contributed by atoms with Crippen molar-refractivity contribution in [2.45, 2.75) is 63.8 Å². The Morgan fingerprint density at radius 1 is 1.21 bits per heavy atom. The second kappa shape index (κ2) is 7.39. The van der Waals surface area contributed by atoms with E-state index in [0.29, 0.717) is 31.0 Å². The van der Waals surface area contributed by atoms with E-state index in [-0.39, 0.29) is 17.8 Å². The van der Waals surface area contributed by atoms with Gasteiger partial charge in [0.05, 0.1) is 0 Å². The average molecular weight is 404 g/mol. The third kappa shape index (κ3) is 3.28. The summed E-state index contributed by atoms with van der Waals surface area (Å²) in [5, 5.41) is 3.58. The third-order valence-corrected chi connectivity index (χ3v) is 6.44. The smallest absolute Gasteiger partial charge is 0.323 e. The van der Waals surface area contributed by atoms with Crippen LogP contribution in [0, 0.1) is 6.92 Å². The van der Waals surface area contributed by atoms with Gasteiger partial charge in [-0.15, -0.1) is 0 Å². The first-order chi connectivity index (χ1) is 13.4. The van der Waals surface area contributed by atoms with Gasteiger partial charge in [0.2, 0.25) is 5.91 Å². The summed E-state index contributed by atoms with van der Waals surface area (Å²) in [6.45, 7) is 2.96. The molecule has 28 heavy (non-hydrogen) atoms. The fourth-order valence-electron chi connectivity index (χ4n) is 4.89. The van der Waals surface area contributed by atoms with Crippen molar-refractivity contribution in [3.8, 4) is 0 Å². The summed E-state index contributed by atoms with van der Waals surface area (Å²) in [5.41, 5.74) is 2.42. The maximum absolute atomic E-state index is 12.9. The molecule has 4 amide bonds. The van der Waals surface area contributed by atoms with Crippen LogP contribution >= 0.6 is 11.6 Å². The number of nitrogens with zero attached hydrogens (tertiary/aromatic N) is 2. The molecule has 2 fully saturated rings. The van der Waals surface area contributed by atoms with E-state index in [0.717, 1.165) is 55.3 Å². The first-order valence-corrected chi connectivity index (χ1v) is 10.5. The Labute approximate surface area is 170 Å². The summed E-state index contributed by atoms with van der Waals surface area (Å²) >= 11 is 6.17. The summed E-state index contributed by atoms with van der Waals surface area (Å²) < 4.78 is 0. The molecule has 1 aliphatic carbocycles. The van der Waals surface area contributed by atoms with Gasteiger partial charge in [0.25, 0.3) is 5.91 Å². The van der Waals surface area contributed by atoms with Gasteiger partial charge in [0, 0.05) is 30.2 Å². The van der Waals surface area contributed by atoms with Gasteiger partial charge in [-0.1, -0.05) is 24.4 Å². The molecule has 7 heteroatoms. The maximum Gasteiger partial charge on any atom is 0.325 e. The van der Waals surface area contributed by atoms with Crippen LogP contribution in [0.25, 0.3) is 0 Å². The fraction of sp³-hybridized carbons (Fsp3) is 0.571. The van der Waals surface area contributed by atoms with Crippen molar-refractivity contribution in [1.82, 2.24) is 10.2 Å². The van der Waals surface area contributed by atoms with Gasteiger partial charge >= 0.3 is 6.03 Å². The molecular weight excluding hydrogens is 378 g/mol. The van der Waals surface area contributed by atoms with Crippen LogP contribution in [-0.2, 0) is 16.0 Å². The van der Waals surface area contributed by atoms with E-state index in [4.69, 9.17) is 11.6 Å². The predicted molar refractivity (Wildman–Crippen MR) is 108 cm³/mol. The van der Waals surface area contributed by atoms with Crippen LogP contribution < -0.4 is 10.2 Å². The van der Waals surface area contributed by atoms with E-state index in [9.17, 15) is 14.4 Å². The highest BCUT2D eigenvalue weighted by Gasteiger charge is 2.52. The fourth-order valence-corrected chi connectivity index (χ4v) is 5.19. The first-order valence-electron chi connectivity index (χ1n) is 10.1. The van der Waals surface area contributed by atoms with Crippen molar-refractivity contribution in [3.05, 3.63) is 28.3 Å². The van der Waals surface area contributed by atoms with Gasteiger partial charge in [0.1, 0.15) is 5.54 Å². The minimum atomic E-state index is -0.677. The number of anilines is 1. The molecule has 1 saturated carbocycles. The minimum Gasteiger partial charge on any atom is -0.323 e. The number of urea groups is 1. The number of carbonyl (C=O) groups is 3. The van der Waals surface area contributed by atoms with Crippen LogP contribution in [0.2, 0.25) is 5.02 Å². The number of imide groups is 1. The predicted octanol–water partition coefficient (Wildman–Crippen LogP) is 3.57. The topological polar surface area (TPSA) is 69.7 Å². The van der Waals surface area contributed by atoms with Crippen molar-refractivity contribution in [3.63, 3.8) is 0 Å². The molecule has 1 aromatic carbocycles. The number of aryl methyl sites for hydroxylation is 2. The molecule has 150 valence electrons. The van der Waals surface area contributed by atoms with E-state index in [1.165, 1.54) is 4.90 Å². The number of hydrogen-bond acceptors (Lipinski definition) is 3. The molecule has 0 aromatic heterocycles. The van der Waals surface area contributed by atoms with Gasteiger partial charge in [-0.05, 0) is 62.3 Å². The van der Waals surface area contributed by atoms with Crippen LogP contribution in [0.5, 0.6) is 0 Å². The van der Waals surface area contributed by atoms with E-state index in [1.807, 2.05) is 24.0 Å². The first kappa shape index (κ1) is 19.2. The van der Waals surface area contributed by atoms with E-state index < -0.39 is 5.54 Å². The zero-order valence-corrected chi connectivity index (χ0v) is 17.0. The molecule has 3 aliphatic rings. The molecular formula is C21H26ClN3O3. The molecule has 0 atom stereocenters. The number of rotatable bonds is 4. The SMILES string of the molecule is Cc1cc(Cl)cc2c1N(C(=O)CCCN1C(=O)NC3(CCCC3)C1=O)CCC2. The molecule has 0 radical (unpaired) electrons. The quantitative estimate of drug-likeness (QED) is 0.781. The van der Waals surface area contributed by atoms with Crippen molar-refractivity contribution < 1.29 is 14.4 Å². The Hall–Kier alpha value is -2.08. The second-order valence-corrected chi connectivity index (χ2v) is 8.60. The van der Waals surface area contributed by atoms with Crippen LogP contribution in [-0.4, -0.2) is 41.4 Å². The Bertz CT molecular complexity index is 832. The Morgan fingerprint density at radius 3 is 2.71 bits per heavy atom. The zero-order valence-electron chi connectivity index (χ0n) is 16.2. The molecule has 1 saturated heterocycles. The molecule has 1 spiro atoms. The van der Waals surface area contributed by atoms with Crippen molar-refractivity contribution in [1.29, 1.82) is 0 Å². The summed E-state index contributed by atoms with van der Waals surface area (Å²) in [6, 6.07) is 3.52. The lowest BCUT2D eigenvalue weighted by molar-refractivity contribution is -0.131. The van der Waals surface area contributed by atoms with E-state index >= 15 is 0 Å². The van der Waals surface area contributed by atoms with Gasteiger partial charge in [0.15, 0.2) is 0 Å². The number of benzene rings is 1. The molecule has 1 N–H and O–H groups in total. The van der Waals surface area contributed by atoms with Crippen LogP contribution in [0.1, 0.15) is 56.1 Å². The van der Waals surface area contributed by atoms with E-state index in [1.54, 1.807) is 0 Å². The van der Waals surface area contributed by atoms with Gasteiger partial charge < -0.3 is 10.2 Å². The molecule has 4 rings (SSSR count). The lowest BCUT2D eigenvalue weighted by Gasteiger charge is -2.31. The number of amides is 4. The maximum atomic E-state index is 12.9. The minimum absolute atomic E-state index is 0.0361. The monoisotopic (exact) mass is 403 g/mol. The highest BCUT2D eigenvalue weighted by atomic mass is 35.5. The number of fused-ring (bicyclic) bond motifs is 1. The summed E-state index contributed by atoms with van der Waals surface area (Å²) in [6.07, 6.45) is 6.00. The molecule has 2 aliphatic heterocycles. The summed E-state index contributed by atoms with van der Waals surface area (Å²) in [5.74, 6) is -0.0785. The normalized spacial score (nSPS) is 20.6. The van der Waals surface area contributed by atoms with Crippen molar-refractivity contribution in [2.75, 3.05) is 18.0 Å². The summed E-state index contributed by atoms with van der Waals surface area (Å²) in [4.78, 5) is 41.0. The average Bonchev–Trinajstić information content (AvgIpc) is 3.21. The van der Waals surface area contributed by atoms with Crippen LogP contribution in [0.15, 0.2) is 12.1 Å². The van der Waals surface area contributed by atoms with Crippen LogP contribution in [0.3, 0.4) is 0 Å². The standard InChI is InChI=1S/C21H26ClN3O3/c1-14-12-16(22)13-15-6-4-10-24(18(14)15)17(26)7-5-11-25-19(27)21(23-20(25)28)8-2-3-9-21/h12-13H,2-11H2,1H3,(H,23,28). The summed E-state index contributed by atoms with van der Waals surface area (Å²) in [7, 11) is 0. The second-order valence-electron chi connectivity index (χ2n) is 8.16. The number of halogens is 1. The lowest BCUT2D eigenvalue weighted by Crippen LogP contribution is -2.44. The van der Waals surface area contributed by atoms with Crippen LogP contribution in [0.4, 0.5) is 10.5 Å². The highest BCUT2D eigenvalue weighted by Crippen LogP contribution is 2.36. The van der Waals surface area contributed by atoms with Gasteiger partial charge in [-0.2, -0.15) is 0 Å². The van der Waals surface area contributed by atoms with Crippen molar-refractivity contribution >= 4 is 35.1 Å². The molecule has 2 heterocycles. The number of carbonyl (C=O) groups excluding carboxylic acids is 3. The Morgan fingerprint density at radius 2 is 1.96 bits per heavy atom. The molecule has 0 bridgehead atoms. The highest BCUT2D eigenvalue weighted by molar-refractivity contribution is 6.30. The van der Waals surface area contributed by atoms with Gasteiger partial charge in [-0.3, -0.25) is 14.5 Å². The molecule has 0 unspecified atom stereocenters. The zero-order chi connectivity index (χ0) is 19.9. The molecule has 6 nitrogen and oxygen atoms in total. The third-order valence-electron chi connectivity index (χ3n) is 6.22. The largest absolute Gasteiger partial charge is 0.325 e. The number of nitrogens with one attached hydrogen (secondary N) is 1. The Balaban J connectivity index is 1.39. The molecule has 1 aromatic rings. The van der Waals surface area contributed by atoms with E-state index in [2.05, 4.69) is 5.32 Å².